The van der Waals surface area contributed by atoms with Crippen molar-refractivity contribution >= 4 is 5.97 Å². The first kappa shape index (κ1) is 20.2. The Hall–Kier alpha value is -2.13. The SMILES string of the molecule is CCCC(=O)OC[C@H](O[C@H]1CC[C@H](C#N)CC1)c1cc(F)ccc1OC. The number of ether oxygens (including phenoxy) is 3. The molecular formula is C20H26FNO4. The van der Waals surface area contributed by atoms with Crippen LogP contribution in [0.4, 0.5) is 4.39 Å². The lowest BCUT2D eigenvalue weighted by Gasteiger charge is -2.30. The molecule has 142 valence electrons. The van der Waals surface area contributed by atoms with E-state index in [9.17, 15) is 9.18 Å². The molecule has 2 rings (SSSR count). The molecule has 1 aromatic carbocycles. The number of hydrogen-bond acceptors (Lipinski definition) is 5. The molecule has 1 atom stereocenters. The molecule has 1 aromatic rings. The fourth-order valence-corrected chi connectivity index (χ4v) is 3.16. The minimum Gasteiger partial charge on any atom is -0.496 e. The molecule has 6 heteroatoms. The number of carbonyl (C=O) groups excluding carboxylic acids is 1. The maximum Gasteiger partial charge on any atom is 0.305 e. The van der Waals surface area contributed by atoms with Gasteiger partial charge in [-0.3, -0.25) is 4.79 Å². The van der Waals surface area contributed by atoms with E-state index in [0.29, 0.717) is 24.2 Å². The molecule has 26 heavy (non-hydrogen) atoms. The van der Waals surface area contributed by atoms with E-state index in [1.165, 1.54) is 19.2 Å². The van der Waals surface area contributed by atoms with Gasteiger partial charge >= 0.3 is 5.97 Å². The van der Waals surface area contributed by atoms with Crippen molar-refractivity contribution in [1.82, 2.24) is 0 Å². The van der Waals surface area contributed by atoms with Gasteiger partial charge in [0, 0.05) is 17.9 Å². The number of benzene rings is 1. The molecule has 0 amide bonds. The normalized spacial score (nSPS) is 20.8. The van der Waals surface area contributed by atoms with E-state index in [2.05, 4.69) is 6.07 Å². The molecule has 1 aliphatic rings. The van der Waals surface area contributed by atoms with Gasteiger partial charge in [0.05, 0.1) is 19.3 Å². The molecule has 0 radical (unpaired) electrons. The van der Waals surface area contributed by atoms with Crippen LogP contribution in [0.5, 0.6) is 5.75 Å². The van der Waals surface area contributed by atoms with Crippen molar-refractivity contribution < 1.29 is 23.4 Å². The first-order valence-corrected chi connectivity index (χ1v) is 9.11. The van der Waals surface area contributed by atoms with Crippen molar-refractivity contribution in [3.05, 3.63) is 29.6 Å². The van der Waals surface area contributed by atoms with Gasteiger partial charge in [0.15, 0.2) is 0 Å². The molecular weight excluding hydrogens is 337 g/mol. The lowest BCUT2D eigenvalue weighted by Crippen LogP contribution is -2.26. The summed E-state index contributed by atoms with van der Waals surface area (Å²) in [5.74, 6) is -0.139. The zero-order chi connectivity index (χ0) is 18.9. The summed E-state index contributed by atoms with van der Waals surface area (Å²) in [6, 6.07) is 6.52. The van der Waals surface area contributed by atoms with E-state index in [1.54, 1.807) is 6.07 Å². The van der Waals surface area contributed by atoms with Crippen LogP contribution >= 0.6 is 0 Å². The van der Waals surface area contributed by atoms with Gasteiger partial charge in [-0.15, -0.1) is 0 Å². The number of esters is 1. The monoisotopic (exact) mass is 363 g/mol. The average Bonchev–Trinajstić information content (AvgIpc) is 2.65. The number of nitriles is 1. The van der Waals surface area contributed by atoms with E-state index in [4.69, 9.17) is 19.5 Å². The maximum atomic E-state index is 13.8. The molecule has 0 bridgehead atoms. The van der Waals surface area contributed by atoms with Crippen molar-refractivity contribution in [3.63, 3.8) is 0 Å². The van der Waals surface area contributed by atoms with Crippen molar-refractivity contribution in [2.75, 3.05) is 13.7 Å². The molecule has 0 N–H and O–H groups in total. The third-order valence-electron chi connectivity index (χ3n) is 4.60. The van der Waals surface area contributed by atoms with E-state index in [0.717, 1.165) is 25.7 Å². The maximum absolute atomic E-state index is 13.8. The van der Waals surface area contributed by atoms with Crippen molar-refractivity contribution in [1.29, 1.82) is 5.26 Å². The fraction of sp³-hybridized carbons (Fsp3) is 0.600. The summed E-state index contributed by atoms with van der Waals surface area (Å²) >= 11 is 0. The van der Waals surface area contributed by atoms with Crippen LogP contribution in [0.2, 0.25) is 0 Å². The van der Waals surface area contributed by atoms with Gasteiger partial charge < -0.3 is 14.2 Å². The summed E-state index contributed by atoms with van der Waals surface area (Å²) in [6.45, 7) is 1.91. The number of nitrogens with zero attached hydrogens (tertiary/aromatic N) is 1. The molecule has 0 saturated heterocycles. The molecule has 1 saturated carbocycles. The number of carbonyl (C=O) groups is 1. The quantitative estimate of drug-likeness (QED) is 0.644. The summed E-state index contributed by atoms with van der Waals surface area (Å²) in [6.07, 6.45) is 3.46. The molecule has 1 aliphatic carbocycles. The van der Waals surface area contributed by atoms with E-state index in [1.807, 2.05) is 6.92 Å². The Morgan fingerprint density at radius 2 is 2.08 bits per heavy atom. The second kappa shape index (κ2) is 10.1. The van der Waals surface area contributed by atoms with E-state index >= 15 is 0 Å². The lowest BCUT2D eigenvalue weighted by atomic mass is 9.88. The number of methoxy groups -OCH3 is 1. The minimum atomic E-state index is -0.606. The average molecular weight is 363 g/mol. The van der Waals surface area contributed by atoms with E-state index in [-0.39, 0.29) is 24.6 Å². The molecule has 0 unspecified atom stereocenters. The molecule has 1 fully saturated rings. The van der Waals surface area contributed by atoms with Crippen LogP contribution in [0.1, 0.15) is 57.1 Å². The van der Waals surface area contributed by atoms with E-state index < -0.39 is 11.9 Å². The summed E-state index contributed by atoms with van der Waals surface area (Å²) in [7, 11) is 1.51. The summed E-state index contributed by atoms with van der Waals surface area (Å²) < 4.78 is 30.6. The fourth-order valence-electron chi connectivity index (χ4n) is 3.16. The summed E-state index contributed by atoms with van der Waals surface area (Å²) in [5.41, 5.74) is 0.527. The number of hydrogen-bond donors (Lipinski definition) is 0. The van der Waals surface area contributed by atoms with Crippen LogP contribution in [-0.4, -0.2) is 25.8 Å². The highest BCUT2D eigenvalue weighted by Gasteiger charge is 2.27. The van der Waals surface area contributed by atoms with Crippen LogP contribution in [0.15, 0.2) is 18.2 Å². The Bertz CT molecular complexity index is 635. The first-order chi connectivity index (χ1) is 12.6. The standard InChI is InChI=1S/C20H26FNO4/c1-3-4-20(23)25-13-19(17-11-15(21)7-10-18(17)24-2)26-16-8-5-14(12-22)6-9-16/h7,10-11,14,16,19H,3-6,8-9,13H2,1-2H3/t14-,16-,19-/m0/s1. The van der Waals surface area contributed by atoms with Crippen LogP contribution in [0.3, 0.4) is 0 Å². The number of halogens is 1. The van der Waals surface area contributed by atoms with Crippen LogP contribution in [-0.2, 0) is 14.3 Å². The second-order valence-corrected chi connectivity index (χ2v) is 6.55. The highest BCUT2D eigenvalue weighted by atomic mass is 19.1. The smallest absolute Gasteiger partial charge is 0.305 e. The van der Waals surface area contributed by atoms with Gasteiger partial charge in [-0.25, -0.2) is 4.39 Å². The highest BCUT2D eigenvalue weighted by molar-refractivity contribution is 5.69. The molecule has 0 heterocycles. The Morgan fingerprint density at radius 1 is 1.35 bits per heavy atom. The third-order valence-corrected chi connectivity index (χ3v) is 4.60. The zero-order valence-corrected chi connectivity index (χ0v) is 15.4. The second-order valence-electron chi connectivity index (χ2n) is 6.55. The lowest BCUT2D eigenvalue weighted by molar-refractivity contribution is -0.150. The van der Waals surface area contributed by atoms with Gasteiger partial charge in [-0.1, -0.05) is 6.92 Å². The minimum absolute atomic E-state index is 0.0107. The van der Waals surface area contributed by atoms with Crippen LogP contribution < -0.4 is 4.74 Å². The largest absolute Gasteiger partial charge is 0.496 e. The summed E-state index contributed by atoms with van der Waals surface area (Å²) in [5, 5.41) is 9.03. The van der Waals surface area contributed by atoms with Crippen molar-refractivity contribution in [2.24, 2.45) is 5.92 Å². The van der Waals surface area contributed by atoms with Gasteiger partial charge in [-0.05, 0) is 50.3 Å². The summed E-state index contributed by atoms with van der Waals surface area (Å²) in [4.78, 5) is 11.8. The van der Waals surface area contributed by atoms with Gasteiger partial charge in [-0.2, -0.15) is 5.26 Å². The Balaban J connectivity index is 2.13. The Labute approximate surface area is 154 Å². The number of rotatable bonds is 8. The first-order valence-electron chi connectivity index (χ1n) is 9.11. The third kappa shape index (κ3) is 5.70. The van der Waals surface area contributed by atoms with Crippen molar-refractivity contribution in [2.45, 2.75) is 57.7 Å². The van der Waals surface area contributed by atoms with Gasteiger partial charge in [0.2, 0.25) is 0 Å². The van der Waals surface area contributed by atoms with Crippen LogP contribution in [0.25, 0.3) is 0 Å². The molecule has 5 nitrogen and oxygen atoms in total. The molecule has 0 spiro atoms. The Kier molecular flexibility index (Phi) is 7.86. The van der Waals surface area contributed by atoms with Crippen molar-refractivity contribution in [3.8, 4) is 11.8 Å². The van der Waals surface area contributed by atoms with Gasteiger partial charge in [0.1, 0.15) is 24.3 Å². The molecule has 0 aliphatic heterocycles. The zero-order valence-electron chi connectivity index (χ0n) is 15.4. The van der Waals surface area contributed by atoms with Gasteiger partial charge in [0.25, 0.3) is 0 Å². The predicted octanol–water partition coefficient (Wildman–Crippen LogP) is 4.32. The molecule has 0 aromatic heterocycles. The van der Waals surface area contributed by atoms with Crippen LogP contribution in [0, 0.1) is 23.1 Å². The topological polar surface area (TPSA) is 68.5 Å². The highest BCUT2D eigenvalue weighted by Crippen LogP contribution is 2.34. The predicted molar refractivity (Wildman–Crippen MR) is 94.0 cm³/mol. The Morgan fingerprint density at radius 3 is 2.69 bits per heavy atom.